The summed E-state index contributed by atoms with van der Waals surface area (Å²) in [5.74, 6) is -0.433. The van der Waals surface area contributed by atoms with Crippen LogP contribution < -0.4 is 0 Å². The summed E-state index contributed by atoms with van der Waals surface area (Å²) in [4.78, 5) is 13.8. The molecule has 0 atom stereocenters. The Morgan fingerprint density at radius 1 is 1.18 bits per heavy atom. The fourth-order valence-electron chi connectivity index (χ4n) is 2.13. The molecule has 1 fully saturated rings. The lowest BCUT2D eigenvalue weighted by Crippen LogP contribution is -2.42. The number of halogens is 4. The van der Waals surface area contributed by atoms with Crippen LogP contribution in [0.15, 0.2) is 34.8 Å². The molecular formula is C14H11BrF3N3O. The van der Waals surface area contributed by atoms with Crippen LogP contribution in [0.25, 0.3) is 5.69 Å². The van der Waals surface area contributed by atoms with Gasteiger partial charge in [-0.3, -0.25) is 4.79 Å². The molecule has 4 nitrogen and oxygen atoms in total. The van der Waals surface area contributed by atoms with Gasteiger partial charge < -0.3 is 4.90 Å². The predicted molar refractivity (Wildman–Crippen MR) is 76.8 cm³/mol. The number of alkyl halides is 3. The monoisotopic (exact) mass is 373 g/mol. The van der Waals surface area contributed by atoms with E-state index < -0.39 is 17.8 Å². The van der Waals surface area contributed by atoms with Gasteiger partial charge in [0, 0.05) is 23.6 Å². The highest BCUT2D eigenvalue weighted by Crippen LogP contribution is 2.30. The molecule has 0 radical (unpaired) electrons. The summed E-state index contributed by atoms with van der Waals surface area (Å²) in [6.45, 7) is 1.12. The number of rotatable bonds is 2. The Hall–Kier alpha value is -1.83. The first-order valence-electron chi connectivity index (χ1n) is 6.59. The number of benzene rings is 1. The highest BCUT2D eigenvalue weighted by molar-refractivity contribution is 9.10. The molecule has 1 aromatic carbocycles. The van der Waals surface area contributed by atoms with Gasteiger partial charge in [0.25, 0.3) is 5.91 Å². The zero-order valence-electron chi connectivity index (χ0n) is 11.3. The van der Waals surface area contributed by atoms with Crippen LogP contribution in [0.2, 0.25) is 0 Å². The summed E-state index contributed by atoms with van der Waals surface area (Å²) in [5.41, 5.74) is -0.740. The lowest BCUT2D eigenvalue weighted by Gasteiger charge is -2.30. The van der Waals surface area contributed by atoms with Crippen LogP contribution in [0.5, 0.6) is 0 Å². The van der Waals surface area contributed by atoms with E-state index in [0.717, 1.165) is 21.6 Å². The molecule has 2 heterocycles. The summed E-state index contributed by atoms with van der Waals surface area (Å²) >= 11 is 3.26. The molecule has 0 N–H and O–H groups in total. The molecule has 116 valence electrons. The quantitative estimate of drug-likeness (QED) is 0.807. The first kappa shape index (κ1) is 15.1. The van der Waals surface area contributed by atoms with Crippen molar-refractivity contribution in [1.82, 2.24) is 14.7 Å². The Bertz CT molecular complexity index is 705. The Labute approximate surface area is 132 Å². The standard InChI is InChI=1S/C14H11BrF3N3O/c15-9-2-4-10(5-3-9)21-11(13(22)20-6-1-7-20)8-12(19-21)14(16,17)18/h2-5,8H,1,6-7H2. The van der Waals surface area contributed by atoms with Crippen molar-refractivity contribution in [1.29, 1.82) is 0 Å². The van der Waals surface area contributed by atoms with Crippen molar-refractivity contribution in [3.63, 3.8) is 0 Å². The summed E-state index contributed by atoms with van der Waals surface area (Å²) in [5, 5.41) is 3.57. The molecule has 8 heteroatoms. The van der Waals surface area contributed by atoms with E-state index in [1.54, 1.807) is 24.3 Å². The van der Waals surface area contributed by atoms with Gasteiger partial charge in [0.1, 0.15) is 5.69 Å². The lowest BCUT2D eigenvalue weighted by molar-refractivity contribution is -0.141. The van der Waals surface area contributed by atoms with Crippen LogP contribution in [-0.4, -0.2) is 33.7 Å². The third-order valence-corrected chi connectivity index (χ3v) is 3.96. The maximum absolute atomic E-state index is 12.9. The molecule has 1 saturated heterocycles. The van der Waals surface area contributed by atoms with Gasteiger partial charge in [-0.05, 0) is 30.7 Å². The van der Waals surface area contributed by atoms with E-state index in [1.165, 1.54) is 4.90 Å². The topological polar surface area (TPSA) is 38.1 Å². The molecule has 22 heavy (non-hydrogen) atoms. The Morgan fingerprint density at radius 2 is 1.82 bits per heavy atom. The molecule has 1 aliphatic heterocycles. The van der Waals surface area contributed by atoms with Crippen LogP contribution in [0.1, 0.15) is 22.6 Å². The third kappa shape index (κ3) is 2.75. The molecule has 1 aliphatic rings. The van der Waals surface area contributed by atoms with Gasteiger partial charge in [-0.1, -0.05) is 15.9 Å². The molecule has 0 spiro atoms. The Morgan fingerprint density at radius 3 is 2.32 bits per heavy atom. The largest absolute Gasteiger partial charge is 0.435 e. The van der Waals surface area contributed by atoms with E-state index in [2.05, 4.69) is 21.0 Å². The number of amides is 1. The second-order valence-electron chi connectivity index (χ2n) is 4.95. The highest BCUT2D eigenvalue weighted by atomic mass is 79.9. The van der Waals surface area contributed by atoms with E-state index >= 15 is 0 Å². The van der Waals surface area contributed by atoms with Crippen LogP contribution in [0.4, 0.5) is 13.2 Å². The molecule has 0 bridgehead atoms. The number of hydrogen-bond donors (Lipinski definition) is 0. The van der Waals surface area contributed by atoms with Crippen molar-refractivity contribution in [3.05, 3.63) is 46.2 Å². The SMILES string of the molecule is O=C(c1cc(C(F)(F)F)nn1-c1ccc(Br)cc1)N1CCC1. The second kappa shape index (κ2) is 5.42. The van der Waals surface area contributed by atoms with Gasteiger partial charge in [0.15, 0.2) is 5.69 Å². The number of hydrogen-bond acceptors (Lipinski definition) is 2. The zero-order valence-corrected chi connectivity index (χ0v) is 12.9. The maximum atomic E-state index is 12.9. The molecule has 0 aliphatic carbocycles. The summed E-state index contributed by atoms with van der Waals surface area (Å²) in [7, 11) is 0. The third-order valence-electron chi connectivity index (χ3n) is 3.43. The zero-order chi connectivity index (χ0) is 15.9. The van der Waals surface area contributed by atoms with E-state index in [9.17, 15) is 18.0 Å². The van der Waals surface area contributed by atoms with Crippen molar-refractivity contribution in [2.75, 3.05) is 13.1 Å². The molecule has 0 unspecified atom stereocenters. The molecule has 1 amide bonds. The number of aromatic nitrogens is 2. The molecule has 3 rings (SSSR count). The predicted octanol–water partition coefficient (Wildman–Crippen LogP) is 3.50. The summed E-state index contributed by atoms with van der Waals surface area (Å²) in [6.07, 6.45) is -3.73. The van der Waals surface area contributed by atoms with Crippen molar-refractivity contribution in [2.45, 2.75) is 12.6 Å². The highest BCUT2D eigenvalue weighted by Gasteiger charge is 2.37. The van der Waals surface area contributed by atoms with E-state index in [0.29, 0.717) is 18.8 Å². The Balaban J connectivity index is 2.08. The summed E-state index contributed by atoms with van der Waals surface area (Å²) < 4.78 is 40.6. The second-order valence-corrected chi connectivity index (χ2v) is 5.86. The number of nitrogens with zero attached hydrogens (tertiary/aromatic N) is 3. The van der Waals surface area contributed by atoms with Gasteiger partial charge in [-0.25, -0.2) is 4.68 Å². The normalized spacial score (nSPS) is 14.8. The van der Waals surface area contributed by atoms with Crippen molar-refractivity contribution in [2.24, 2.45) is 0 Å². The van der Waals surface area contributed by atoms with E-state index in [-0.39, 0.29) is 5.69 Å². The maximum Gasteiger partial charge on any atom is 0.435 e. The fraction of sp³-hybridized carbons (Fsp3) is 0.286. The van der Waals surface area contributed by atoms with Crippen molar-refractivity contribution < 1.29 is 18.0 Å². The lowest BCUT2D eigenvalue weighted by atomic mass is 10.2. The van der Waals surface area contributed by atoms with Gasteiger partial charge >= 0.3 is 6.18 Å². The average molecular weight is 374 g/mol. The number of likely N-dealkylation sites (tertiary alicyclic amines) is 1. The van der Waals surface area contributed by atoms with Crippen LogP contribution in [-0.2, 0) is 6.18 Å². The first-order chi connectivity index (χ1) is 10.4. The minimum Gasteiger partial charge on any atom is -0.337 e. The molecule has 1 aromatic heterocycles. The molecule has 2 aromatic rings. The minimum absolute atomic E-state index is 0.0747. The van der Waals surface area contributed by atoms with Crippen LogP contribution in [0, 0.1) is 0 Å². The summed E-state index contributed by atoms with van der Waals surface area (Å²) in [6, 6.07) is 7.38. The molecule has 0 saturated carbocycles. The van der Waals surface area contributed by atoms with Gasteiger partial charge in [-0.2, -0.15) is 18.3 Å². The van der Waals surface area contributed by atoms with Crippen LogP contribution in [0.3, 0.4) is 0 Å². The van der Waals surface area contributed by atoms with E-state index in [4.69, 9.17) is 0 Å². The van der Waals surface area contributed by atoms with Gasteiger partial charge in [0.05, 0.1) is 5.69 Å². The fourth-order valence-corrected chi connectivity index (χ4v) is 2.40. The van der Waals surface area contributed by atoms with E-state index in [1.807, 2.05) is 0 Å². The first-order valence-corrected chi connectivity index (χ1v) is 7.38. The Kier molecular flexibility index (Phi) is 3.72. The van der Waals surface area contributed by atoms with Crippen molar-refractivity contribution >= 4 is 21.8 Å². The number of carbonyl (C=O) groups is 1. The number of carbonyl (C=O) groups excluding carboxylic acids is 1. The van der Waals surface area contributed by atoms with Crippen LogP contribution >= 0.6 is 15.9 Å². The van der Waals surface area contributed by atoms with Gasteiger partial charge in [0.2, 0.25) is 0 Å². The van der Waals surface area contributed by atoms with Gasteiger partial charge in [-0.15, -0.1) is 0 Å². The smallest absolute Gasteiger partial charge is 0.337 e. The average Bonchev–Trinajstić information content (AvgIpc) is 2.82. The molecular weight excluding hydrogens is 363 g/mol. The minimum atomic E-state index is -4.59. The van der Waals surface area contributed by atoms with Crippen molar-refractivity contribution in [3.8, 4) is 5.69 Å².